The molecule has 0 aliphatic carbocycles. The van der Waals surface area contributed by atoms with Gasteiger partial charge in [-0.05, 0) is 77.6 Å². The molecule has 0 bridgehead atoms. The van der Waals surface area contributed by atoms with Crippen molar-refractivity contribution >= 4 is 17.1 Å². The van der Waals surface area contributed by atoms with E-state index in [0.717, 1.165) is 46.1 Å². The van der Waals surface area contributed by atoms with Gasteiger partial charge in [0, 0.05) is 16.8 Å². The molecule has 33 heavy (non-hydrogen) atoms. The van der Waals surface area contributed by atoms with E-state index in [9.17, 15) is 0 Å². The van der Waals surface area contributed by atoms with Crippen LogP contribution in [0.5, 0.6) is 11.5 Å². The molecule has 4 aromatic rings. The lowest BCUT2D eigenvalue weighted by atomic mass is 9.94. The van der Waals surface area contributed by atoms with Crippen molar-refractivity contribution in [1.82, 2.24) is 0 Å². The van der Waals surface area contributed by atoms with Gasteiger partial charge in [-0.15, -0.1) is 0 Å². The fourth-order valence-corrected chi connectivity index (χ4v) is 4.65. The predicted octanol–water partition coefficient (Wildman–Crippen LogP) is 8.33. The zero-order chi connectivity index (χ0) is 22.9. The molecular weight excluding hydrogens is 406 g/mol. The number of hydrogen-bond donors (Lipinski definition) is 0. The highest BCUT2D eigenvalue weighted by atomic mass is 16.5. The smallest absolute Gasteiger partial charge is 0.119 e. The van der Waals surface area contributed by atoms with Gasteiger partial charge in [0.1, 0.15) is 11.5 Å². The van der Waals surface area contributed by atoms with E-state index < -0.39 is 0 Å². The van der Waals surface area contributed by atoms with Gasteiger partial charge in [-0.3, -0.25) is 0 Å². The van der Waals surface area contributed by atoms with Crippen molar-refractivity contribution < 1.29 is 9.47 Å². The van der Waals surface area contributed by atoms with Crippen LogP contribution in [-0.4, -0.2) is 14.2 Å². The largest absolute Gasteiger partial charge is 0.497 e. The monoisotopic (exact) mass is 435 g/mol. The van der Waals surface area contributed by atoms with Crippen LogP contribution in [0.15, 0.2) is 84.9 Å². The molecule has 5 rings (SSSR count). The predicted molar refractivity (Wildman–Crippen MR) is 137 cm³/mol. The summed E-state index contributed by atoms with van der Waals surface area (Å²) in [5, 5.41) is 0. The van der Waals surface area contributed by atoms with E-state index >= 15 is 0 Å². The Morgan fingerprint density at radius 3 is 1.64 bits per heavy atom. The first-order chi connectivity index (χ1) is 16.1. The van der Waals surface area contributed by atoms with E-state index in [-0.39, 0.29) is 0 Å². The highest BCUT2D eigenvalue weighted by Gasteiger charge is 2.26. The van der Waals surface area contributed by atoms with Crippen molar-refractivity contribution in [2.45, 2.75) is 26.2 Å². The first-order valence-electron chi connectivity index (χ1n) is 11.5. The minimum atomic E-state index is 0.542. The number of hydrogen-bond acceptors (Lipinski definition) is 3. The first kappa shape index (κ1) is 21.1. The third-order valence-electron chi connectivity index (χ3n) is 6.73. The molecular formula is C30H29NO2. The van der Waals surface area contributed by atoms with Crippen LogP contribution in [0.4, 0.5) is 17.1 Å². The summed E-state index contributed by atoms with van der Waals surface area (Å²) in [5.74, 6) is 2.24. The lowest BCUT2D eigenvalue weighted by Gasteiger charge is -2.28. The summed E-state index contributed by atoms with van der Waals surface area (Å²) in [6.07, 6.45) is 1.13. The van der Waals surface area contributed by atoms with Gasteiger partial charge < -0.3 is 14.4 Å². The molecule has 166 valence electrons. The van der Waals surface area contributed by atoms with E-state index in [1.54, 1.807) is 14.2 Å². The van der Waals surface area contributed by atoms with Crippen LogP contribution in [0.25, 0.3) is 22.3 Å². The van der Waals surface area contributed by atoms with Crippen molar-refractivity contribution in [3.05, 3.63) is 90.5 Å². The average molecular weight is 436 g/mol. The standard InChI is InChI=1S/C30H29NO2/c1-5-20(2)21-10-12-22(13-11-21)31-29-16-14-23(32-3)18-27(29)25-8-6-7-9-26(25)28-19-24(33-4)15-17-30(28)31/h6-20H,5H2,1-4H3. The second kappa shape index (κ2) is 8.67. The molecule has 0 spiro atoms. The fraction of sp³-hybridized carbons (Fsp3) is 0.200. The van der Waals surface area contributed by atoms with Gasteiger partial charge in [0.05, 0.1) is 25.6 Å². The van der Waals surface area contributed by atoms with Gasteiger partial charge in [0.15, 0.2) is 0 Å². The Labute approximate surface area is 196 Å². The Balaban J connectivity index is 1.80. The molecule has 1 atom stereocenters. The summed E-state index contributed by atoms with van der Waals surface area (Å²) in [6.45, 7) is 4.51. The average Bonchev–Trinajstić information content (AvgIpc) is 3.00. The molecule has 1 aliphatic heterocycles. The second-order valence-electron chi connectivity index (χ2n) is 8.55. The molecule has 1 unspecified atom stereocenters. The maximum absolute atomic E-state index is 5.61. The summed E-state index contributed by atoms with van der Waals surface area (Å²) in [4.78, 5) is 2.35. The number of ether oxygens (including phenoxy) is 2. The summed E-state index contributed by atoms with van der Waals surface area (Å²) in [5.41, 5.74) is 9.40. The second-order valence-corrected chi connectivity index (χ2v) is 8.55. The Hall–Kier alpha value is -3.72. The van der Waals surface area contributed by atoms with Gasteiger partial charge in [-0.1, -0.05) is 50.2 Å². The topological polar surface area (TPSA) is 21.7 Å². The molecule has 3 nitrogen and oxygen atoms in total. The van der Waals surface area contributed by atoms with Crippen LogP contribution >= 0.6 is 0 Å². The maximum atomic E-state index is 5.61. The van der Waals surface area contributed by atoms with E-state index in [4.69, 9.17) is 9.47 Å². The number of nitrogens with zero attached hydrogens (tertiary/aromatic N) is 1. The van der Waals surface area contributed by atoms with Crippen LogP contribution in [-0.2, 0) is 0 Å². The highest BCUT2D eigenvalue weighted by Crippen LogP contribution is 2.52. The van der Waals surface area contributed by atoms with Crippen molar-refractivity contribution in [2.24, 2.45) is 0 Å². The third kappa shape index (κ3) is 3.64. The quantitative estimate of drug-likeness (QED) is 0.277. The molecule has 0 amide bonds. The van der Waals surface area contributed by atoms with Gasteiger partial charge in [-0.2, -0.15) is 0 Å². The summed E-state index contributed by atoms with van der Waals surface area (Å²) >= 11 is 0. The summed E-state index contributed by atoms with van der Waals surface area (Å²) in [7, 11) is 3.44. The zero-order valence-corrected chi connectivity index (χ0v) is 19.6. The molecule has 1 heterocycles. The molecule has 4 aromatic carbocycles. The number of fused-ring (bicyclic) bond motifs is 5. The minimum absolute atomic E-state index is 0.542. The molecule has 0 saturated carbocycles. The van der Waals surface area contributed by atoms with Crippen molar-refractivity contribution in [3.8, 4) is 33.8 Å². The summed E-state index contributed by atoms with van der Waals surface area (Å²) in [6, 6.07) is 30.2. The van der Waals surface area contributed by atoms with Crippen LogP contribution in [0.3, 0.4) is 0 Å². The van der Waals surface area contributed by atoms with E-state index in [1.165, 1.54) is 16.7 Å². The molecule has 1 aliphatic rings. The molecule has 0 radical (unpaired) electrons. The van der Waals surface area contributed by atoms with Crippen LogP contribution < -0.4 is 14.4 Å². The zero-order valence-electron chi connectivity index (χ0n) is 19.6. The normalized spacial score (nSPS) is 12.8. The molecule has 3 heteroatoms. The van der Waals surface area contributed by atoms with Crippen LogP contribution in [0, 0.1) is 0 Å². The number of benzene rings is 4. The van der Waals surface area contributed by atoms with E-state index in [2.05, 4.69) is 91.5 Å². The molecule has 0 N–H and O–H groups in total. The SMILES string of the molecule is CCC(C)c1ccc(N2c3ccc(OC)cc3-c3ccccc3-c3cc(OC)ccc32)cc1. The Bertz CT molecular complexity index is 1220. The van der Waals surface area contributed by atoms with Crippen molar-refractivity contribution in [3.63, 3.8) is 0 Å². The minimum Gasteiger partial charge on any atom is -0.497 e. The van der Waals surface area contributed by atoms with E-state index in [1.807, 2.05) is 12.1 Å². The third-order valence-corrected chi connectivity index (χ3v) is 6.73. The number of methoxy groups -OCH3 is 2. The fourth-order valence-electron chi connectivity index (χ4n) is 4.65. The van der Waals surface area contributed by atoms with Gasteiger partial charge in [0.2, 0.25) is 0 Å². The molecule has 0 saturated heterocycles. The summed E-state index contributed by atoms with van der Waals surface area (Å²) < 4.78 is 11.2. The van der Waals surface area contributed by atoms with Crippen LogP contribution in [0.1, 0.15) is 31.7 Å². The van der Waals surface area contributed by atoms with Gasteiger partial charge >= 0.3 is 0 Å². The number of anilines is 3. The Morgan fingerprint density at radius 1 is 0.667 bits per heavy atom. The highest BCUT2D eigenvalue weighted by molar-refractivity contribution is 6.02. The number of rotatable bonds is 5. The Morgan fingerprint density at radius 2 is 1.18 bits per heavy atom. The first-order valence-corrected chi connectivity index (χ1v) is 11.5. The molecule has 0 aromatic heterocycles. The van der Waals surface area contributed by atoms with Gasteiger partial charge in [-0.25, -0.2) is 0 Å². The van der Waals surface area contributed by atoms with Crippen LogP contribution in [0.2, 0.25) is 0 Å². The van der Waals surface area contributed by atoms with Crippen molar-refractivity contribution in [1.29, 1.82) is 0 Å². The Kier molecular flexibility index (Phi) is 5.55. The lowest BCUT2D eigenvalue weighted by molar-refractivity contribution is 0.415. The van der Waals surface area contributed by atoms with Gasteiger partial charge in [0.25, 0.3) is 0 Å². The van der Waals surface area contributed by atoms with Crippen molar-refractivity contribution in [2.75, 3.05) is 19.1 Å². The van der Waals surface area contributed by atoms with E-state index in [0.29, 0.717) is 5.92 Å². The lowest BCUT2D eigenvalue weighted by Crippen LogP contribution is -2.11. The molecule has 0 fully saturated rings. The maximum Gasteiger partial charge on any atom is 0.119 e.